The molecule has 1 unspecified atom stereocenters. The van der Waals surface area contributed by atoms with E-state index in [4.69, 9.17) is 4.74 Å². The summed E-state index contributed by atoms with van der Waals surface area (Å²) in [5, 5.41) is 3.57. The van der Waals surface area contributed by atoms with Gasteiger partial charge < -0.3 is 10.1 Å². The summed E-state index contributed by atoms with van der Waals surface area (Å²) in [6.07, 6.45) is 4.56. The Morgan fingerprint density at radius 3 is 2.95 bits per heavy atom. The molecule has 2 rings (SSSR count). The van der Waals surface area contributed by atoms with Crippen LogP contribution in [0.25, 0.3) is 0 Å². The molecule has 0 spiro atoms. The van der Waals surface area contributed by atoms with Crippen LogP contribution in [-0.2, 0) is 11.2 Å². The van der Waals surface area contributed by atoms with Gasteiger partial charge in [0.05, 0.1) is 0 Å². The van der Waals surface area contributed by atoms with Crippen molar-refractivity contribution in [3.63, 3.8) is 0 Å². The summed E-state index contributed by atoms with van der Waals surface area (Å²) in [7, 11) is 0. The van der Waals surface area contributed by atoms with E-state index < -0.39 is 0 Å². The minimum Gasteiger partial charge on any atom is -0.382 e. The predicted molar refractivity (Wildman–Crippen MR) is 75.7 cm³/mol. The van der Waals surface area contributed by atoms with Crippen LogP contribution >= 0.6 is 0 Å². The predicted octanol–water partition coefficient (Wildman–Crippen LogP) is 3.16. The zero-order valence-electron chi connectivity index (χ0n) is 11.7. The Kier molecular flexibility index (Phi) is 5.80. The van der Waals surface area contributed by atoms with Crippen molar-refractivity contribution in [3.8, 4) is 0 Å². The molecule has 1 aromatic rings. The lowest BCUT2D eigenvalue weighted by Crippen LogP contribution is -2.27. The van der Waals surface area contributed by atoms with Gasteiger partial charge >= 0.3 is 0 Å². The molecule has 0 aromatic heterocycles. The van der Waals surface area contributed by atoms with Gasteiger partial charge in [-0.05, 0) is 62.8 Å². The fraction of sp³-hybridized carbons (Fsp3) is 0.625. The highest BCUT2D eigenvalue weighted by Crippen LogP contribution is 2.20. The molecule has 19 heavy (non-hydrogen) atoms. The van der Waals surface area contributed by atoms with Crippen molar-refractivity contribution in [2.24, 2.45) is 5.92 Å². The molecule has 0 radical (unpaired) electrons. The zero-order chi connectivity index (χ0) is 13.5. The van der Waals surface area contributed by atoms with Crippen molar-refractivity contribution >= 4 is 0 Å². The molecule has 0 aliphatic heterocycles. The third-order valence-electron chi connectivity index (χ3n) is 3.56. The number of rotatable bonds is 9. The van der Waals surface area contributed by atoms with Crippen LogP contribution in [0.5, 0.6) is 0 Å². The van der Waals surface area contributed by atoms with Crippen molar-refractivity contribution in [3.05, 3.63) is 35.6 Å². The lowest BCUT2D eigenvalue weighted by Gasteiger charge is -2.17. The lowest BCUT2D eigenvalue weighted by atomic mass is 9.96. The van der Waals surface area contributed by atoms with E-state index in [2.05, 4.69) is 5.32 Å². The van der Waals surface area contributed by atoms with Crippen LogP contribution in [0.2, 0.25) is 0 Å². The molecule has 1 fully saturated rings. The van der Waals surface area contributed by atoms with Crippen LogP contribution in [-0.4, -0.2) is 25.8 Å². The third kappa shape index (κ3) is 5.70. The second-order valence-electron chi connectivity index (χ2n) is 5.37. The highest BCUT2D eigenvalue weighted by atomic mass is 19.1. The molecule has 1 aliphatic carbocycles. The Hall–Kier alpha value is -0.930. The molecule has 2 nitrogen and oxygen atoms in total. The summed E-state index contributed by atoms with van der Waals surface area (Å²) < 4.78 is 18.7. The van der Waals surface area contributed by atoms with Gasteiger partial charge in [-0.25, -0.2) is 4.39 Å². The number of nitrogens with one attached hydrogen (secondary N) is 1. The molecule has 0 bridgehead atoms. The van der Waals surface area contributed by atoms with Crippen molar-refractivity contribution in [1.82, 2.24) is 5.32 Å². The summed E-state index contributed by atoms with van der Waals surface area (Å²) in [5.74, 6) is 0.380. The summed E-state index contributed by atoms with van der Waals surface area (Å²) in [6.45, 7) is 4.59. The molecule has 0 heterocycles. The fourth-order valence-corrected chi connectivity index (χ4v) is 2.29. The normalized spacial score (nSPS) is 16.5. The van der Waals surface area contributed by atoms with Crippen LogP contribution in [0.1, 0.15) is 31.7 Å². The summed E-state index contributed by atoms with van der Waals surface area (Å²) in [5.41, 5.74) is 1.08. The zero-order valence-corrected chi connectivity index (χ0v) is 11.7. The van der Waals surface area contributed by atoms with Crippen LogP contribution in [0.15, 0.2) is 24.3 Å². The molecule has 1 N–H and O–H groups in total. The maximum atomic E-state index is 13.2. The van der Waals surface area contributed by atoms with Gasteiger partial charge in [-0.2, -0.15) is 0 Å². The first kappa shape index (κ1) is 14.5. The smallest absolute Gasteiger partial charge is 0.123 e. The Morgan fingerprint density at radius 2 is 2.26 bits per heavy atom. The van der Waals surface area contributed by atoms with E-state index in [0.717, 1.165) is 44.2 Å². The van der Waals surface area contributed by atoms with E-state index in [1.165, 1.54) is 18.9 Å². The van der Waals surface area contributed by atoms with Crippen molar-refractivity contribution < 1.29 is 9.13 Å². The lowest BCUT2D eigenvalue weighted by molar-refractivity contribution is 0.131. The van der Waals surface area contributed by atoms with Gasteiger partial charge in [-0.1, -0.05) is 12.1 Å². The van der Waals surface area contributed by atoms with E-state index in [-0.39, 0.29) is 5.82 Å². The van der Waals surface area contributed by atoms with Crippen LogP contribution < -0.4 is 5.32 Å². The topological polar surface area (TPSA) is 21.3 Å². The van der Waals surface area contributed by atoms with E-state index in [1.54, 1.807) is 12.1 Å². The van der Waals surface area contributed by atoms with Gasteiger partial charge in [-0.15, -0.1) is 0 Å². The van der Waals surface area contributed by atoms with Crippen LogP contribution in [0.3, 0.4) is 0 Å². The number of hydrogen-bond donors (Lipinski definition) is 1. The van der Waals surface area contributed by atoms with Gasteiger partial charge in [0.1, 0.15) is 5.82 Å². The first-order chi connectivity index (χ1) is 9.28. The Bertz CT molecular complexity index is 379. The molecule has 1 aliphatic rings. The molecule has 0 amide bonds. The SMILES string of the molecule is CCOCCC(CNC1CC1)Cc1cccc(F)c1. The standard InChI is InChI=1S/C16H24FNO/c1-2-19-9-8-14(12-18-16-6-7-16)10-13-4-3-5-15(17)11-13/h3-5,11,14,16,18H,2,6-10,12H2,1H3. The summed E-state index contributed by atoms with van der Waals surface area (Å²) in [6, 6.07) is 7.67. The molecule has 3 heteroatoms. The van der Waals surface area contributed by atoms with Gasteiger partial charge in [0.25, 0.3) is 0 Å². The van der Waals surface area contributed by atoms with Crippen molar-refractivity contribution in [2.75, 3.05) is 19.8 Å². The van der Waals surface area contributed by atoms with Crippen LogP contribution in [0.4, 0.5) is 4.39 Å². The molecule has 1 aromatic carbocycles. The van der Waals surface area contributed by atoms with Crippen LogP contribution in [0, 0.1) is 11.7 Å². The summed E-state index contributed by atoms with van der Waals surface area (Å²) >= 11 is 0. The highest BCUT2D eigenvalue weighted by Gasteiger charge is 2.22. The second-order valence-corrected chi connectivity index (χ2v) is 5.37. The molecule has 1 saturated carbocycles. The molecule has 106 valence electrons. The highest BCUT2D eigenvalue weighted by molar-refractivity contribution is 5.17. The van der Waals surface area contributed by atoms with Gasteiger partial charge in [0, 0.05) is 19.3 Å². The van der Waals surface area contributed by atoms with E-state index >= 15 is 0 Å². The van der Waals surface area contributed by atoms with Crippen molar-refractivity contribution in [1.29, 1.82) is 0 Å². The first-order valence-electron chi connectivity index (χ1n) is 7.33. The van der Waals surface area contributed by atoms with E-state index in [1.807, 2.05) is 13.0 Å². The first-order valence-corrected chi connectivity index (χ1v) is 7.33. The average molecular weight is 265 g/mol. The molecule has 1 atom stereocenters. The number of benzene rings is 1. The maximum Gasteiger partial charge on any atom is 0.123 e. The number of hydrogen-bond acceptors (Lipinski definition) is 2. The van der Waals surface area contributed by atoms with Gasteiger partial charge in [0.15, 0.2) is 0 Å². The molecule has 0 saturated heterocycles. The minimum atomic E-state index is -0.142. The summed E-state index contributed by atoms with van der Waals surface area (Å²) in [4.78, 5) is 0. The van der Waals surface area contributed by atoms with Crippen molar-refractivity contribution in [2.45, 2.75) is 38.6 Å². The van der Waals surface area contributed by atoms with E-state index in [0.29, 0.717) is 5.92 Å². The quantitative estimate of drug-likeness (QED) is 0.692. The molecular formula is C16H24FNO. The van der Waals surface area contributed by atoms with Gasteiger partial charge in [-0.3, -0.25) is 0 Å². The Morgan fingerprint density at radius 1 is 1.42 bits per heavy atom. The third-order valence-corrected chi connectivity index (χ3v) is 3.56. The number of ether oxygens (including phenoxy) is 1. The van der Waals surface area contributed by atoms with Gasteiger partial charge in [0.2, 0.25) is 0 Å². The largest absolute Gasteiger partial charge is 0.382 e. The monoisotopic (exact) mass is 265 g/mol. The minimum absolute atomic E-state index is 0.142. The maximum absolute atomic E-state index is 13.2. The fourth-order valence-electron chi connectivity index (χ4n) is 2.29. The Labute approximate surface area is 115 Å². The van der Waals surface area contributed by atoms with E-state index in [9.17, 15) is 4.39 Å². The second kappa shape index (κ2) is 7.61. The number of halogens is 1. The Balaban J connectivity index is 1.83. The average Bonchev–Trinajstić information content (AvgIpc) is 3.20. The molecular weight excluding hydrogens is 241 g/mol.